The van der Waals surface area contributed by atoms with Gasteiger partial charge < -0.3 is 20.6 Å². The Morgan fingerprint density at radius 1 is 1.20 bits per heavy atom. The van der Waals surface area contributed by atoms with Crippen LogP contribution in [0, 0.1) is 0 Å². The van der Waals surface area contributed by atoms with Crippen LogP contribution in [0.4, 0.5) is 10.5 Å². The van der Waals surface area contributed by atoms with Crippen molar-refractivity contribution in [2.45, 2.75) is 46.1 Å². The fraction of sp³-hybridized carbons (Fsp3) is 0.500. The van der Waals surface area contributed by atoms with E-state index in [9.17, 15) is 14.4 Å². The van der Waals surface area contributed by atoms with Crippen LogP contribution in [0.25, 0.3) is 0 Å². The van der Waals surface area contributed by atoms with Gasteiger partial charge in [-0.15, -0.1) is 0 Å². The van der Waals surface area contributed by atoms with Crippen LogP contribution >= 0.6 is 0 Å². The Morgan fingerprint density at radius 2 is 1.88 bits per heavy atom. The van der Waals surface area contributed by atoms with Crippen molar-refractivity contribution in [3.8, 4) is 0 Å². The molecule has 1 rings (SSSR count). The molecule has 0 radical (unpaired) electrons. The van der Waals surface area contributed by atoms with E-state index in [1.807, 2.05) is 20.8 Å². The lowest BCUT2D eigenvalue weighted by molar-refractivity contribution is -0.137. The molecule has 0 fully saturated rings. The fourth-order valence-corrected chi connectivity index (χ4v) is 2.38. The first-order valence-corrected chi connectivity index (χ1v) is 8.53. The van der Waals surface area contributed by atoms with Crippen LogP contribution in [0.15, 0.2) is 24.3 Å². The van der Waals surface area contributed by atoms with Crippen LogP contribution < -0.4 is 10.6 Å². The Bertz CT molecular complexity index is 602. The third-order valence-electron chi connectivity index (χ3n) is 3.61. The first-order chi connectivity index (χ1) is 11.9. The van der Waals surface area contributed by atoms with Gasteiger partial charge in [0.25, 0.3) is 5.91 Å². The average Bonchev–Trinajstić information content (AvgIpc) is 2.56. The number of nitrogens with one attached hydrogen (secondary N) is 2. The molecule has 0 aliphatic carbocycles. The zero-order valence-corrected chi connectivity index (χ0v) is 15.0. The second kappa shape index (κ2) is 10.3. The quantitative estimate of drug-likeness (QED) is 0.597. The molecule has 0 heterocycles. The summed E-state index contributed by atoms with van der Waals surface area (Å²) in [6, 6.07) is 6.47. The maximum atomic E-state index is 12.8. The number of para-hydroxylation sites is 1. The summed E-state index contributed by atoms with van der Waals surface area (Å²) in [6.45, 7) is 6.82. The molecule has 0 aliphatic rings. The summed E-state index contributed by atoms with van der Waals surface area (Å²) in [7, 11) is 0. The predicted octanol–water partition coefficient (Wildman–Crippen LogP) is 2.93. The third kappa shape index (κ3) is 6.82. The van der Waals surface area contributed by atoms with E-state index in [0.29, 0.717) is 24.2 Å². The molecule has 0 atom stereocenters. The minimum atomic E-state index is -0.900. The Kier molecular flexibility index (Phi) is 8.46. The number of anilines is 1. The minimum absolute atomic E-state index is 0.00425. The topological polar surface area (TPSA) is 98.7 Å². The molecule has 7 nitrogen and oxygen atoms in total. The third-order valence-corrected chi connectivity index (χ3v) is 3.61. The van der Waals surface area contributed by atoms with E-state index in [1.54, 1.807) is 29.2 Å². The van der Waals surface area contributed by atoms with Gasteiger partial charge in [-0.2, -0.15) is 0 Å². The Balaban J connectivity index is 2.77. The number of amides is 3. The van der Waals surface area contributed by atoms with Gasteiger partial charge >= 0.3 is 12.0 Å². The summed E-state index contributed by atoms with van der Waals surface area (Å²) < 4.78 is 0. The number of aliphatic carboxylic acids is 1. The minimum Gasteiger partial charge on any atom is -0.481 e. The fourth-order valence-electron chi connectivity index (χ4n) is 2.38. The van der Waals surface area contributed by atoms with Gasteiger partial charge in [0.1, 0.15) is 0 Å². The van der Waals surface area contributed by atoms with E-state index < -0.39 is 12.0 Å². The van der Waals surface area contributed by atoms with Crippen molar-refractivity contribution in [1.29, 1.82) is 0 Å². The molecule has 1 aromatic carbocycles. The normalized spacial score (nSPS) is 10.4. The average molecular weight is 349 g/mol. The molecule has 0 spiro atoms. The molecular formula is C18H27N3O4. The van der Waals surface area contributed by atoms with Crippen LogP contribution in [0.5, 0.6) is 0 Å². The van der Waals surface area contributed by atoms with E-state index >= 15 is 0 Å². The van der Waals surface area contributed by atoms with Gasteiger partial charge in [-0.25, -0.2) is 4.79 Å². The number of hydrogen-bond donors (Lipinski definition) is 3. The standard InChI is InChI=1S/C18H27N3O4/c1-4-12-21(13(2)3)17(24)14-8-5-6-9-15(14)20-18(25)19-11-7-10-16(22)23/h5-6,8-9,13H,4,7,10-12H2,1-3H3,(H,22,23)(H2,19,20,25). The van der Waals surface area contributed by atoms with E-state index in [4.69, 9.17) is 5.11 Å². The summed E-state index contributed by atoms with van der Waals surface area (Å²) in [4.78, 5) is 37.0. The molecule has 0 saturated heterocycles. The smallest absolute Gasteiger partial charge is 0.319 e. The number of carboxylic acid groups (broad SMARTS) is 1. The second-order valence-corrected chi connectivity index (χ2v) is 6.02. The van der Waals surface area contributed by atoms with E-state index in [0.717, 1.165) is 6.42 Å². The van der Waals surface area contributed by atoms with Crippen molar-refractivity contribution in [3.05, 3.63) is 29.8 Å². The molecule has 0 bridgehead atoms. The van der Waals surface area contributed by atoms with Crippen molar-refractivity contribution in [3.63, 3.8) is 0 Å². The van der Waals surface area contributed by atoms with Crippen LogP contribution in [-0.2, 0) is 4.79 Å². The summed E-state index contributed by atoms with van der Waals surface area (Å²) in [6.07, 6.45) is 1.19. The first-order valence-electron chi connectivity index (χ1n) is 8.53. The number of rotatable bonds is 9. The van der Waals surface area contributed by atoms with Crippen molar-refractivity contribution in [2.24, 2.45) is 0 Å². The van der Waals surface area contributed by atoms with Gasteiger partial charge in [0, 0.05) is 25.6 Å². The van der Waals surface area contributed by atoms with Gasteiger partial charge in [-0.1, -0.05) is 19.1 Å². The van der Waals surface area contributed by atoms with Gasteiger partial charge in [0.15, 0.2) is 0 Å². The number of hydrogen-bond acceptors (Lipinski definition) is 3. The van der Waals surface area contributed by atoms with Gasteiger partial charge in [-0.05, 0) is 38.8 Å². The second-order valence-electron chi connectivity index (χ2n) is 6.02. The van der Waals surface area contributed by atoms with Crippen molar-refractivity contribution < 1.29 is 19.5 Å². The maximum absolute atomic E-state index is 12.8. The van der Waals surface area contributed by atoms with E-state index in [2.05, 4.69) is 10.6 Å². The van der Waals surface area contributed by atoms with E-state index in [1.165, 1.54) is 0 Å². The Hall–Kier alpha value is -2.57. The molecule has 3 N–H and O–H groups in total. The summed E-state index contributed by atoms with van der Waals surface area (Å²) >= 11 is 0. The maximum Gasteiger partial charge on any atom is 0.319 e. The monoisotopic (exact) mass is 349 g/mol. The molecular weight excluding hydrogens is 322 g/mol. The van der Waals surface area contributed by atoms with Crippen molar-refractivity contribution in [2.75, 3.05) is 18.4 Å². The summed E-state index contributed by atoms with van der Waals surface area (Å²) in [5, 5.41) is 13.8. The number of carboxylic acids is 1. The lowest BCUT2D eigenvalue weighted by Gasteiger charge is -2.27. The lowest BCUT2D eigenvalue weighted by Crippen LogP contribution is -2.38. The number of urea groups is 1. The van der Waals surface area contributed by atoms with Crippen LogP contribution in [0.1, 0.15) is 50.4 Å². The molecule has 3 amide bonds. The molecule has 0 unspecified atom stereocenters. The van der Waals surface area contributed by atoms with E-state index in [-0.39, 0.29) is 24.9 Å². The number of benzene rings is 1. The summed E-state index contributed by atoms with van der Waals surface area (Å²) in [5.41, 5.74) is 0.871. The molecule has 25 heavy (non-hydrogen) atoms. The van der Waals surface area contributed by atoms with Gasteiger partial charge in [0.2, 0.25) is 0 Å². The van der Waals surface area contributed by atoms with Crippen LogP contribution in [0.3, 0.4) is 0 Å². The van der Waals surface area contributed by atoms with Crippen molar-refractivity contribution in [1.82, 2.24) is 10.2 Å². The highest BCUT2D eigenvalue weighted by Gasteiger charge is 2.21. The highest BCUT2D eigenvalue weighted by atomic mass is 16.4. The molecule has 0 aliphatic heterocycles. The Labute approximate surface area is 148 Å². The number of carbonyl (C=O) groups is 3. The Morgan fingerprint density at radius 3 is 2.48 bits per heavy atom. The predicted molar refractivity (Wildman–Crippen MR) is 96.8 cm³/mol. The van der Waals surface area contributed by atoms with Gasteiger partial charge in [0.05, 0.1) is 11.3 Å². The molecule has 1 aromatic rings. The molecule has 0 aromatic heterocycles. The zero-order chi connectivity index (χ0) is 18.8. The highest BCUT2D eigenvalue weighted by Crippen LogP contribution is 2.19. The molecule has 0 saturated carbocycles. The van der Waals surface area contributed by atoms with Crippen LogP contribution in [0.2, 0.25) is 0 Å². The SMILES string of the molecule is CCCN(C(=O)c1ccccc1NC(=O)NCCCC(=O)O)C(C)C. The zero-order valence-electron chi connectivity index (χ0n) is 15.0. The largest absolute Gasteiger partial charge is 0.481 e. The molecule has 138 valence electrons. The lowest BCUT2D eigenvalue weighted by atomic mass is 10.1. The van der Waals surface area contributed by atoms with Crippen LogP contribution in [-0.4, -0.2) is 47.0 Å². The first kappa shape index (κ1) is 20.5. The highest BCUT2D eigenvalue weighted by molar-refractivity contribution is 6.03. The van der Waals surface area contributed by atoms with Crippen molar-refractivity contribution >= 4 is 23.6 Å². The summed E-state index contributed by atoms with van der Waals surface area (Å²) in [5.74, 6) is -1.03. The van der Waals surface area contributed by atoms with Gasteiger partial charge in [-0.3, -0.25) is 9.59 Å². The number of carbonyl (C=O) groups excluding carboxylic acids is 2. The molecule has 7 heteroatoms. The number of nitrogens with zero attached hydrogens (tertiary/aromatic N) is 1.